The van der Waals surface area contributed by atoms with Gasteiger partial charge in [0.2, 0.25) is 16.9 Å². The van der Waals surface area contributed by atoms with Crippen molar-refractivity contribution in [3.63, 3.8) is 0 Å². The first-order chi connectivity index (χ1) is 12.3. The largest absolute Gasteiger partial charge is 0.383 e. The number of methoxy groups -OCH3 is 1. The monoisotopic (exact) mass is 401 g/mol. The number of ether oxygens (including phenoxy) is 1. The molecule has 0 aromatic carbocycles. The summed E-state index contributed by atoms with van der Waals surface area (Å²) in [5.41, 5.74) is -0.349. The number of piperazine rings is 1. The molecule has 1 N–H and O–H groups in total. The normalized spacial score (nSPS) is 15.2. The van der Waals surface area contributed by atoms with Gasteiger partial charge < -0.3 is 19.9 Å². The zero-order valence-corrected chi connectivity index (χ0v) is 17.4. The minimum Gasteiger partial charge on any atom is -0.383 e. The van der Waals surface area contributed by atoms with Crippen LogP contribution in [0.2, 0.25) is 0 Å². The van der Waals surface area contributed by atoms with Crippen LogP contribution in [0.15, 0.2) is 4.34 Å². The summed E-state index contributed by atoms with van der Waals surface area (Å²) in [6, 6.07) is 0. The number of carbonyl (C=O) groups is 2. The van der Waals surface area contributed by atoms with Crippen molar-refractivity contribution in [2.75, 3.05) is 57.1 Å². The molecule has 1 aliphatic rings. The van der Waals surface area contributed by atoms with E-state index < -0.39 is 0 Å². The molecule has 10 heteroatoms. The van der Waals surface area contributed by atoms with Crippen LogP contribution in [-0.4, -0.2) is 79.1 Å². The van der Waals surface area contributed by atoms with Crippen molar-refractivity contribution >= 4 is 40.0 Å². The van der Waals surface area contributed by atoms with Crippen LogP contribution >= 0.6 is 23.1 Å². The Bertz CT molecular complexity index is 609. The highest BCUT2D eigenvalue weighted by molar-refractivity contribution is 8.01. The summed E-state index contributed by atoms with van der Waals surface area (Å²) in [6.07, 6.45) is 0. The molecule has 2 rings (SSSR count). The standard InChI is InChI=1S/C16H27N5O3S2/c1-16(2,3)13(23)20-6-8-21(9-7-20)14-18-19-15(26-14)25-11-12(22)17-5-10-24-4/h5-11H2,1-4H3,(H,17,22). The fourth-order valence-corrected chi connectivity index (χ4v) is 4.16. The minimum absolute atomic E-state index is 0.0434. The summed E-state index contributed by atoms with van der Waals surface area (Å²) in [4.78, 5) is 28.1. The number of anilines is 1. The summed E-state index contributed by atoms with van der Waals surface area (Å²) < 4.78 is 5.67. The van der Waals surface area contributed by atoms with Gasteiger partial charge in [0.15, 0.2) is 4.34 Å². The van der Waals surface area contributed by atoms with Crippen LogP contribution in [0.5, 0.6) is 0 Å². The Balaban J connectivity index is 1.78. The molecule has 8 nitrogen and oxygen atoms in total. The van der Waals surface area contributed by atoms with E-state index in [4.69, 9.17) is 4.74 Å². The van der Waals surface area contributed by atoms with E-state index in [1.807, 2.05) is 25.7 Å². The fourth-order valence-electron chi connectivity index (χ4n) is 2.43. The topological polar surface area (TPSA) is 87.7 Å². The molecule has 1 saturated heterocycles. The quantitative estimate of drug-likeness (QED) is 0.540. The van der Waals surface area contributed by atoms with Gasteiger partial charge in [-0.1, -0.05) is 43.9 Å². The average molecular weight is 402 g/mol. The Morgan fingerprint density at radius 2 is 1.92 bits per heavy atom. The van der Waals surface area contributed by atoms with Crippen molar-refractivity contribution < 1.29 is 14.3 Å². The number of thioether (sulfide) groups is 1. The molecule has 2 amide bonds. The Labute approximate surface area is 162 Å². The Kier molecular flexibility index (Phi) is 7.66. The van der Waals surface area contributed by atoms with E-state index in [1.54, 1.807) is 7.11 Å². The third-order valence-corrected chi connectivity index (χ3v) is 5.95. The third kappa shape index (κ3) is 6.10. The van der Waals surface area contributed by atoms with Crippen LogP contribution in [0.4, 0.5) is 5.13 Å². The summed E-state index contributed by atoms with van der Waals surface area (Å²) >= 11 is 2.86. The van der Waals surface area contributed by atoms with Crippen molar-refractivity contribution in [1.82, 2.24) is 20.4 Å². The zero-order chi connectivity index (χ0) is 19.2. The molecule has 0 radical (unpaired) electrons. The molecule has 0 spiro atoms. The Morgan fingerprint density at radius 1 is 1.23 bits per heavy atom. The van der Waals surface area contributed by atoms with E-state index in [-0.39, 0.29) is 17.2 Å². The predicted molar refractivity (Wildman–Crippen MR) is 104 cm³/mol. The van der Waals surface area contributed by atoms with Crippen molar-refractivity contribution in [3.05, 3.63) is 0 Å². The highest BCUT2D eigenvalue weighted by Crippen LogP contribution is 2.29. The highest BCUT2D eigenvalue weighted by Gasteiger charge is 2.30. The smallest absolute Gasteiger partial charge is 0.230 e. The first-order valence-corrected chi connectivity index (χ1v) is 10.4. The summed E-state index contributed by atoms with van der Waals surface area (Å²) in [7, 11) is 1.60. The second-order valence-electron chi connectivity index (χ2n) is 7.01. The number of rotatable bonds is 7. The first kappa shape index (κ1) is 20.9. The molecule has 0 aliphatic carbocycles. The zero-order valence-electron chi connectivity index (χ0n) is 15.8. The van der Waals surface area contributed by atoms with Crippen molar-refractivity contribution in [1.29, 1.82) is 0 Å². The van der Waals surface area contributed by atoms with Crippen molar-refractivity contribution in [2.45, 2.75) is 25.1 Å². The van der Waals surface area contributed by atoms with Gasteiger partial charge in [0.25, 0.3) is 0 Å². The predicted octanol–water partition coefficient (Wildman–Crippen LogP) is 1.09. The second-order valence-corrected chi connectivity index (χ2v) is 9.19. The maximum Gasteiger partial charge on any atom is 0.230 e. The molecule has 0 atom stereocenters. The van der Waals surface area contributed by atoms with Gasteiger partial charge in [-0.05, 0) is 0 Å². The summed E-state index contributed by atoms with van der Waals surface area (Å²) in [6.45, 7) is 9.74. The third-order valence-electron chi connectivity index (χ3n) is 3.83. The number of nitrogens with one attached hydrogen (secondary N) is 1. The molecule has 1 fully saturated rings. The Morgan fingerprint density at radius 3 is 2.54 bits per heavy atom. The first-order valence-electron chi connectivity index (χ1n) is 8.57. The molecule has 1 aromatic rings. The van der Waals surface area contributed by atoms with Gasteiger partial charge in [0.05, 0.1) is 12.4 Å². The maximum absolute atomic E-state index is 12.3. The van der Waals surface area contributed by atoms with E-state index in [9.17, 15) is 9.59 Å². The molecular formula is C16H27N5O3S2. The van der Waals surface area contributed by atoms with Gasteiger partial charge in [-0.2, -0.15) is 0 Å². The lowest BCUT2D eigenvalue weighted by Gasteiger charge is -2.37. The molecular weight excluding hydrogens is 374 g/mol. The molecule has 146 valence electrons. The number of carbonyl (C=O) groups excluding carboxylic acids is 2. The van der Waals surface area contributed by atoms with Gasteiger partial charge >= 0.3 is 0 Å². The number of hydrogen-bond donors (Lipinski definition) is 1. The van der Waals surface area contributed by atoms with Gasteiger partial charge in [0.1, 0.15) is 0 Å². The lowest BCUT2D eigenvalue weighted by atomic mass is 9.94. The van der Waals surface area contributed by atoms with E-state index in [1.165, 1.54) is 23.1 Å². The van der Waals surface area contributed by atoms with E-state index in [0.29, 0.717) is 32.0 Å². The van der Waals surface area contributed by atoms with Gasteiger partial charge in [-0.15, -0.1) is 10.2 Å². The lowest BCUT2D eigenvalue weighted by Crippen LogP contribution is -2.51. The van der Waals surface area contributed by atoms with Crippen LogP contribution in [-0.2, 0) is 14.3 Å². The molecule has 26 heavy (non-hydrogen) atoms. The highest BCUT2D eigenvalue weighted by atomic mass is 32.2. The van der Waals surface area contributed by atoms with E-state index in [0.717, 1.165) is 22.6 Å². The second kappa shape index (κ2) is 9.52. The summed E-state index contributed by atoms with van der Waals surface area (Å²) in [5, 5.41) is 12.0. The van der Waals surface area contributed by atoms with Gasteiger partial charge in [-0.3, -0.25) is 9.59 Å². The van der Waals surface area contributed by atoms with Gasteiger partial charge in [0, 0.05) is 45.2 Å². The van der Waals surface area contributed by atoms with E-state index in [2.05, 4.69) is 20.4 Å². The number of aromatic nitrogens is 2. The van der Waals surface area contributed by atoms with Crippen LogP contribution in [0.3, 0.4) is 0 Å². The van der Waals surface area contributed by atoms with Crippen molar-refractivity contribution in [3.8, 4) is 0 Å². The molecule has 0 saturated carbocycles. The van der Waals surface area contributed by atoms with Crippen LogP contribution in [0.1, 0.15) is 20.8 Å². The number of amides is 2. The van der Waals surface area contributed by atoms with Crippen molar-refractivity contribution in [2.24, 2.45) is 5.41 Å². The SMILES string of the molecule is COCCNC(=O)CSc1nnc(N2CCN(C(=O)C(C)(C)C)CC2)s1. The summed E-state index contributed by atoms with van der Waals surface area (Å²) in [5.74, 6) is 0.454. The van der Waals surface area contributed by atoms with E-state index >= 15 is 0 Å². The van der Waals surface area contributed by atoms with Crippen LogP contribution < -0.4 is 10.2 Å². The molecule has 0 unspecified atom stereocenters. The fraction of sp³-hybridized carbons (Fsp3) is 0.750. The lowest BCUT2D eigenvalue weighted by molar-refractivity contribution is -0.139. The van der Waals surface area contributed by atoms with Gasteiger partial charge in [-0.25, -0.2) is 0 Å². The maximum atomic E-state index is 12.3. The molecule has 2 heterocycles. The molecule has 1 aromatic heterocycles. The molecule has 0 bridgehead atoms. The Hall–Kier alpha value is -1.39. The van der Waals surface area contributed by atoms with Crippen LogP contribution in [0, 0.1) is 5.41 Å². The molecule has 1 aliphatic heterocycles. The number of nitrogens with zero attached hydrogens (tertiary/aromatic N) is 4. The number of hydrogen-bond acceptors (Lipinski definition) is 8. The minimum atomic E-state index is -0.349. The average Bonchev–Trinajstić information content (AvgIpc) is 3.08. The van der Waals surface area contributed by atoms with Crippen LogP contribution in [0.25, 0.3) is 0 Å².